The molecule has 2 aromatic heterocycles. The Kier molecular flexibility index (Phi) is 5.82. The van der Waals surface area contributed by atoms with Crippen molar-refractivity contribution in [1.29, 1.82) is 0 Å². The molecule has 0 spiro atoms. The van der Waals surface area contributed by atoms with Crippen LogP contribution in [-0.2, 0) is 19.5 Å². The second-order valence-electron chi connectivity index (χ2n) is 8.92. The Balaban J connectivity index is 1.45. The molecule has 2 aliphatic rings. The van der Waals surface area contributed by atoms with Gasteiger partial charge in [-0.05, 0) is 81.3 Å². The van der Waals surface area contributed by atoms with Crippen molar-refractivity contribution in [2.75, 3.05) is 13.1 Å². The van der Waals surface area contributed by atoms with E-state index in [9.17, 15) is 0 Å². The minimum atomic E-state index is 0.439. The monoisotopic (exact) mass is 403 g/mol. The highest BCUT2D eigenvalue weighted by Crippen LogP contribution is 2.43. The summed E-state index contributed by atoms with van der Waals surface area (Å²) in [6.45, 7) is 3.84. The van der Waals surface area contributed by atoms with Crippen LogP contribution in [0.3, 0.4) is 0 Å². The third-order valence-electron chi connectivity index (χ3n) is 7.01. The van der Waals surface area contributed by atoms with Crippen molar-refractivity contribution in [3.8, 4) is 0 Å². The third kappa shape index (κ3) is 3.77. The second-order valence-corrected chi connectivity index (χ2v) is 8.92. The molecule has 1 saturated heterocycles. The van der Waals surface area contributed by atoms with Gasteiger partial charge in [0.15, 0.2) is 0 Å². The summed E-state index contributed by atoms with van der Waals surface area (Å²) in [7, 11) is 0. The van der Waals surface area contributed by atoms with Crippen molar-refractivity contribution in [3.05, 3.63) is 59.7 Å². The molecule has 0 radical (unpaired) electrons. The zero-order valence-electron chi connectivity index (χ0n) is 17.8. The lowest BCUT2D eigenvalue weighted by Gasteiger charge is -2.44. The number of aryl methyl sites for hydroxylation is 2. The number of likely N-dealkylation sites (tertiary alicyclic amines) is 1. The van der Waals surface area contributed by atoms with Gasteiger partial charge in [-0.25, -0.2) is 4.98 Å². The molecular weight excluding hydrogens is 370 g/mol. The van der Waals surface area contributed by atoms with E-state index in [1.165, 1.54) is 54.7 Å². The molecule has 5 nitrogen and oxygen atoms in total. The Bertz CT molecular complexity index is 994. The molecule has 5 heteroatoms. The van der Waals surface area contributed by atoms with E-state index in [2.05, 4.69) is 45.9 Å². The number of fused-ring (bicyclic) bond motifs is 4. The molecule has 2 N–H and O–H groups in total. The summed E-state index contributed by atoms with van der Waals surface area (Å²) >= 11 is 0. The molecule has 3 heterocycles. The topological polar surface area (TPSA) is 60.0 Å². The number of rotatable bonds is 7. The van der Waals surface area contributed by atoms with Gasteiger partial charge in [0.05, 0.1) is 29.3 Å². The van der Waals surface area contributed by atoms with E-state index in [1.54, 1.807) is 0 Å². The molecule has 1 fully saturated rings. The molecule has 0 unspecified atom stereocenters. The van der Waals surface area contributed by atoms with Gasteiger partial charge in [-0.3, -0.25) is 9.88 Å². The Morgan fingerprint density at radius 1 is 1.03 bits per heavy atom. The number of piperidine rings is 1. The first-order valence-electron chi connectivity index (χ1n) is 11.7. The highest BCUT2D eigenvalue weighted by atomic mass is 15.2. The fourth-order valence-electron chi connectivity index (χ4n) is 5.57. The zero-order chi connectivity index (χ0) is 20.3. The molecule has 3 aromatic rings. The summed E-state index contributed by atoms with van der Waals surface area (Å²) in [5.74, 6) is 1.93. The summed E-state index contributed by atoms with van der Waals surface area (Å²) in [5.41, 5.74) is 10.8. The second kappa shape index (κ2) is 8.86. The van der Waals surface area contributed by atoms with Crippen LogP contribution in [0.15, 0.2) is 42.6 Å². The normalized spacial score (nSPS) is 21.5. The fourth-order valence-corrected chi connectivity index (χ4v) is 5.57. The molecule has 5 rings (SSSR count). The van der Waals surface area contributed by atoms with E-state index in [0.717, 1.165) is 50.5 Å². The number of hydrogen-bond donors (Lipinski definition) is 1. The van der Waals surface area contributed by atoms with Crippen LogP contribution in [0.1, 0.15) is 61.6 Å². The van der Waals surface area contributed by atoms with E-state index in [4.69, 9.17) is 15.7 Å². The summed E-state index contributed by atoms with van der Waals surface area (Å²) in [6.07, 6.45) is 10.5. The lowest BCUT2D eigenvalue weighted by Crippen LogP contribution is -2.41. The number of benzene rings is 1. The highest BCUT2D eigenvalue weighted by Gasteiger charge is 2.38. The van der Waals surface area contributed by atoms with Gasteiger partial charge >= 0.3 is 0 Å². The number of nitrogens with two attached hydrogens (primary N) is 1. The highest BCUT2D eigenvalue weighted by molar-refractivity contribution is 5.75. The predicted octanol–water partition coefficient (Wildman–Crippen LogP) is 4.46. The van der Waals surface area contributed by atoms with Crippen LogP contribution in [0, 0.1) is 5.92 Å². The van der Waals surface area contributed by atoms with Gasteiger partial charge in [0.2, 0.25) is 0 Å². The summed E-state index contributed by atoms with van der Waals surface area (Å²) in [6, 6.07) is 13.4. The molecule has 158 valence electrons. The average molecular weight is 404 g/mol. The first kappa shape index (κ1) is 19.7. The van der Waals surface area contributed by atoms with Crippen LogP contribution < -0.4 is 5.73 Å². The van der Waals surface area contributed by atoms with Gasteiger partial charge in [0, 0.05) is 12.7 Å². The van der Waals surface area contributed by atoms with Crippen LogP contribution in [0.2, 0.25) is 0 Å². The van der Waals surface area contributed by atoms with E-state index in [1.807, 2.05) is 6.20 Å². The maximum Gasteiger partial charge on any atom is 0.124 e. The smallest absolute Gasteiger partial charge is 0.124 e. The minimum Gasteiger partial charge on any atom is -0.330 e. The molecule has 0 saturated carbocycles. The zero-order valence-corrected chi connectivity index (χ0v) is 17.8. The van der Waals surface area contributed by atoms with Gasteiger partial charge < -0.3 is 10.3 Å². The van der Waals surface area contributed by atoms with Gasteiger partial charge in [-0.15, -0.1) is 0 Å². The lowest BCUT2D eigenvalue weighted by molar-refractivity contribution is 0.0664. The van der Waals surface area contributed by atoms with Crippen molar-refractivity contribution >= 4 is 11.0 Å². The Morgan fingerprint density at radius 3 is 2.90 bits per heavy atom. The van der Waals surface area contributed by atoms with Gasteiger partial charge in [0.1, 0.15) is 5.82 Å². The van der Waals surface area contributed by atoms with Gasteiger partial charge in [-0.2, -0.15) is 0 Å². The van der Waals surface area contributed by atoms with Gasteiger partial charge in [-0.1, -0.05) is 24.6 Å². The Morgan fingerprint density at radius 2 is 1.97 bits per heavy atom. The van der Waals surface area contributed by atoms with E-state index >= 15 is 0 Å². The lowest BCUT2D eigenvalue weighted by atomic mass is 9.77. The molecule has 2 atom stereocenters. The molecule has 0 amide bonds. The molecule has 0 bridgehead atoms. The van der Waals surface area contributed by atoms with Crippen molar-refractivity contribution in [2.24, 2.45) is 11.7 Å². The fraction of sp³-hybridized carbons (Fsp3) is 0.520. The number of para-hydroxylation sites is 2. The maximum absolute atomic E-state index is 5.70. The minimum absolute atomic E-state index is 0.439. The van der Waals surface area contributed by atoms with Crippen molar-refractivity contribution in [1.82, 2.24) is 19.4 Å². The third-order valence-corrected chi connectivity index (χ3v) is 7.01. The number of hydrogen-bond acceptors (Lipinski definition) is 4. The molecule has 1 aromatic carbocycles. The molecule has 1 aliphatic carbocycles. The van der Waals surface area contributed by atoms with Crippen LogP contribution >= 0.6 is 0 Å². The largest absolute Gasteiger partial charge is 0.330 e. The van der Waals surface area contributed by atoms with E-state index in [-0.39, 0.29) is 0 Å². The SMILES string of the molecule is NCCCCCn1c(CN2CCC[C@@H]3CCc4cccnc4[C@H]32)nc2ccccc21. The first-order valence-corrected chi connectivity index (χ1v) is 11.7. The molecular formula is C25H33N5. The number of imidazole rings is 1. The number of nitrogens with zero attached hydrogens (tertiary/aromatic N) is 4. The van der Waals surface area contributed by atoms with Crippen molar-refractivity contribution < 1.29 is 0 Å². The van der Waals surface area contributed by atoms with Crippen LogP contribution in [-0.4, -0.2) is 32.5 Å². The van der Waals surface area contributed by atoms with Gasteiger partial charge in [0.25, 0.3) is 0 Å². The quantitative estimate of drug-likeness (QED) is 0.592. The predicted molar refractivity (Wildman–Crippen MR) is 121 cm³/mol. The summed E-state index contributed by atoms with van der Waals surface area (Å²) in [4.78, 5) is 12.6. The average Bonchev–Trinajstić information content (AvgIpc) is 3.13. The van der Waals surface area contributed by atoms with E-state index in [0.29, 0.717) is 6.04 Å². The molecule has 1 aliphatic heterocycles. The first-order chi connectivity index (χ1) is 14.8. The number of pyridine rings is 1. The number of unbranched alkanes of at least 4 members (excludes halogenated alkanes) is 2. The standard InChI is InChI=1S/C25H33N5/c26-14-4-1-5-17-30-22-11-3-2-10-21(22)28-23(30)18-29-16-7-9-20-13-12-19-8-6-15-27-24(19)25(20)29/h2-3,6,8,10-11,15,20,25H,1,4-5,7,9,12-14,16-18,26H2/t20-,25+/m1/s1. The molecule has 30 heavy (non-hydrogen) atoms. The van der Waals surface area contributed by atoms with Crippen molar-refractivity contribution in [3.63, 3.8) is 0 Å². The van der Waals surface area contributed by atoms with Crippen LogP contribution in [0.4, 0.5) is 0 Å². The Labute approximate surface area is 179 Å². The summed E-state index contributed by atoms with van der Waals surface area (Å²) in [5, 5.41) is 0. The van der Waals surface area contributed by atoms with Crippen LogP contribution in [0.25, 0.3) is 11.0 Å². The van der Waals surface area contributed by atoms with Crippen LogP contribution in [0.5, 0.6) is 0 Å². The van der Waals surface area contributed by atoms with E-state index < -0.39 is 0 Å². The summed E-state index contributed by atoms with van der Waals surface area (Å²) < 4.78 is 2.46. The Hall–Kier alpha value is -2.24. The van der Waals surface area contributed by atoms with Crippen molar-refractivity contribution in [2.45, 2.75) is 64.1 Å². The number of aromatic nitrogens is 3. The maximum atomic E-state index is 5.70.